The monoisotopic (exact) mass is 424 g/mol. The molecule has 1 aromatic carbocycles. The lowest BCUT2D eigenvalue weighted by molar-refractivity contribution is -0.127. The summed E-state index contributed by atoms with van der Waals surface area (Å²) in [5, 5.41) is 17.1. The second-order valence-corrected chi connectivity index (χ2v) is 8.08. The first-order valence-corrected chi connectivity index (χ1v) is 10.0. The zero-order valence-corrected chi connectivity index (χ0v) is 17.3. The van der Waals surface area contributed by atoms with Gasteiger partial charge in [0, 0.05) is 17.8 Å². The Hall–Kier alpha value is -3.14. The van der Waals surface area contributed by atoms with Crippen LogP contribution < -0.4 is 0 Å². The van der Waals surface area contributed by atoms with E-state index in [1.165, 1.54) is 25.1 Å². The number of hydrogen-bond acceptors (Lipinski definition) is 7. The topological polar surface area (TPSA) is 118 Å². The van der Waals surface area contributed by atoms with Crippen molar-refractivity contribution in [2.45, 2.75) is 44.8 Å². The quantitative estimate of drug-likeness (QED) is 0.488. The van der Waals surface area contributed by atoms with Crippen molar-refractivity contribution in [2.75, 3.05) is 6.54 Å². The molecule has 2 atom stereocenters. The number of ether oxygens (including phenoxy) is 1. The van der Waals surface area contributed by atoms with Gasteiger partial charge in [0.15, 0.2) is 5.79 Å². The third-order valence-corrected chi connectivity index (χ3v) is 5.04. The summed E-state index contributed by atoms with van der Waals surface area (Å²) >= 11 is 0. The predicted molar refractivity (Wildman–Crippen MR) is 111 cm³/mol. The molecule has 4 heterocycles. The Balaban J connectivity index is 0.000000418. The predicted octanol–water partition coefficient (Wildman–Crippen LogP) is 2.11. The number of rotatable bonds is 3. The highest BCUT2D eigenvalue weighted by atomic mass is 16.5. The molecular formula is C22H24N4O5. The largest absolute Gasteiger partial charge is 0.366 e. The van der Waals surface area contributed by atoms with Crippen molar-refractivity contribution in [2.24, 2.45) is 0 Å². The first-order valence-electron chi connectivity index (χ1n) is 10.0. The van der Waals surface area contributed by atoms with Crippen molar-refractivity contribution in [3.63, 3.8) is 0 Å². The molecule has 0 spiro atoms. The Morgan fingerprint density at radius 3 is 2.39 bits per heavy atom. The summed E-state index contributed by atoms with van der Waals surface area (Å²) in [5.41, 5.74) is 1.77. The van der Waals surface area contributed by atoms with E-state index < -0.39 is 5.79 Å². The molecule has 2 aliphatic heterocycles. The van der Waals surface area contributed by atoms with E-state index in [4.69, 9.17) is 14.9 Å². The van der Waals surface area contributed by atoms with Crippen molar-refractivity contribution in [3.8, 4) is 0 Å². The van der Waals surface area contributed by atoms with Gasteiger partial charge >= 0.3 is 0 Å². The van der Waals surface area contributed by atoms with Crippen molar-refractivity contribution in [3.05, 3.63) is 60.2 Å². The molecule has 0 saturated carbocycles. The van der Waals surface area contributed by atoms with E-state index in [0.29, 0.717) is 11.1 Å². The third kappa shape index (κ3) is 4.48. The maximum Gasteiger partial charge on any atom is 0.261 e. The van der Waals surface area contributed by atoms with E-state index in [1.54, 1.807) is 30.5 Å². The van der Waals surface area contributed by atoms with Crippen molar-refractivity contribution in [1.29, 1.82) is 0 Å². The van der Waals surface area contributed by atoms with Gasteiger partial charge in [0.05, 0.1) is 23.8 Å². The maximum absolute atomic E-state index is 12.5. The number of aliphatic hydroxyl groups is 2. The maximum atomic E-state index is 12.5. The fraction of sp³-hybridized carbons (Fsp3) is 0.364. The van der Waals surface area contributed by atoms with Crippen LogP contribution in [-0.2, 0) is 4.74 Å². The molecular weight excluding hydrogens is 400 g/mol. The number of carbonyl (C=O) groups is 2. The minimum Gasteiger partial charge on any atom is -0.366 e. The standard InChI is InChI=1S/C19H16N4O3.C3H8O2/c24-18-14-3-1-2-4-15(14)19(25)23(18)10-13-5-6-16(26-13)22-8-7-12-9-20-11-21-17(12)22;1-3(2,4)5/h1-4,7-9,11,13,16H,5-6,10H2;4-5H,1-2H3. The minimum atomic E-state index is -1.50. The summed E-state index contributed by atoms with van der Waals surface area (Å²) in [4.78, 5) is 34.7. The zero-order valence-electron chi connectivity index (χ0n) is 17.3. The number of amides is 2. The Morgan fingerprint density at radius 2 is 1.74 bits per heavy atom. The van der Waals surface area contributed by atoms with Gasteiger partial charge in [-0.05, 0) is 44.9 Å². The van der Waals surface area contributed by atoms with Crippen LogP contribution in [0.4, 0.5) is 0 Å². The molecule has 2 N–H and O–H groups in total. The first kappa shape index (κ1) is 21.1. The summed E-state index contributed by atoms with van der Waals surface area (Å²) in [6.07, 6.45) is 6.48. The van der Waals surface area contributed by atoms with Gasteiger partial charge in [-0.25, -0.2) is 9.97 Å². The van der Waals surface area contributed by atoms with Gasteiger partial charge in [-0.2, -0.15) is 0 Å². The lowest BCUT2D eigenvalue weighted by Crippen LogP contribution is -2.36. The smallest absolute Gasteiger partial charge is 0.261 e. The number of benzene rings is 1. The van der Waals surface area contributed by atoms with E-state index in [-0.39, 0.29) is 30.7 Å². The molecule has 2 unspecified atom stereocenters. The molecule has 3 aromatic rings. The highest BCUT2D eigenvalue weighted by Gasteiger charge is 2.38. The van der Waals surface area contributed by atoms with E-state index in [2.05, 4.69) is 9.97 Å². The molecule has 0 aliphatic carbocycles. The molecule has 2 amide bonds. The van der Waals surface area contributed by atoms with Crippen LogP contribution in [0.5, 0.6) is 0 Å². The normalized spacial score (nSPS) is 20.7. The average molecular weight is 424 g/mol. The molecule has 2 aromatic heterocycles. The number of fused-ring (bicyclic) bond motifs is 2. The van der Waals surface area contributed by atoms with Crippen LogP contribution in [0.3, 0.4) is 0 Å². The highest BCUT2D eigenvalue weighted by molar-refractivity contribution is 6.21. The SMILES string of the molecule is CC(C)(O)O.O=C1c2ccccc2C(=O)N1CC1CCC(n2ccc3cncnc32)O1. The Labute approximate surface area is 178 Å². The van der Waals surface area contributed by atoms with Crippen LogP contribution in [0.25, 0.3) is 11.0 Å². The van der Waals surface area contributed by atoms with Crippen molar-refractivity contribution in [1.82, 2.24) is 19.4 Å². The zero-order chi connectivity index (χ0) is 22.2. The summed E-state index contributed by atoms with van der Waals surface area (Å²) in [6.45, 7) is 2.87. The van der Waals surface area contributed by atoms with Crippen LogP contribution in [0, 0.1) is 0 Å². The Morgan fingerprint density at radius 1 is 1.10 bits per heavy atom. The molecule has 1 fully saturated rings. The van der Waals surface area contributed by atoms with Crippen molar-refractivity contribution >= 4 is 22.8 Å². The van der Waals surface area contributed by atoms with Crippen LogP contribution in [-0.4, -0.2) is 59.9 Å². The number of nitrogens with zero attached hydrogens (tertiary/aromatic N) is 4. The first-order chi connectivity index (χ1) is 14.7. The van der Waals surface area contributed by atoms with Crippen molar-refractivity contribution < 1.29 is 24.5 Å². The average Bonchev–Trinajstić information content (AvgIpc) is 3.41. The van der Waals surface area contributed by atoms with E-state index in [0.717, 1.165) is 23.9 Å². The van der Waals surface area contributed by atoms with Crippen LogP contribution in [0.2, 0.25) is 0 Å². The lowest BCUT2D eigenvalue weighted by atomic mass is 10.1. The third-order valence-electron chi connectivity index (χ3n) is 5.04. The number of aromatic nitrogens is 3. The van der Waals surface area contributed by atoms with Gasteiger partial charge in [0.2, 0.25) is 0 Å². The molecule has 0 bridgehead atoms. The Bertz CT molecular complexity index is 1080. The van der Waals surface area contributed by atoms with Crippen LogP contribution in [0.15, 0.2) is 49.1 Å². The second kappa shape index (κ2) is 8.18. The van der Waals surface area contributed by atoms with Gasteiger partial charge in [0.1, 0.15) is 18.2 Å². The molecule has 31 heavy (non-hydrogen) atoms. The Kier molecular flexibility index (Phi) is 5.57. The summed E-state index contributed by atoms with van der Waals surface area (Å²) in [6, 6.07) is 8.89. The summed E-state index contributed by atoms with van der Waals surface area (Å²) in [5.74, 6) is -1.98. The molecule has 5 rings (SSSR count). The van der Waals surface area contributed by atoms with Gasteiger partial charge in [-0.3, -0.25) is 14.5 Å². The van der Waals surface area contributed by atoms with Gasteiger partial charge in [0.25, 0.3) is 11.8 Å². The minimum absolute atomic E-state index is 0.150. The summed E-state index contributed by atoms with van der Waals surface area (Å²) in [7, 11) is 0. The molecule has 162 valence electrons. The van der Waals surface area contributed by atoms with Gasteiger partial charge in [-0.15, -0.1) is 0 Å². The molecule has 1 saturated heterocycles. The van der Waals surface area contributed by atoms with Crippen LogP contribution >= 0.6 is 0 Å². The van der Waals surface area contributed by atoms with E-state index in [1.807, 2.05) is 16.8 Å². The number of hydrogen-bond donors (Lipinski definition) is 2. The number of imide groups is 1. The highest BCUT2D eigenvalue weighted by Crippen LogP contribution is 2.32. The summed E-state index contributed by atoms with van der Waals surface area (Å²) < 4.78 is 8.11. The molecule has 2 aliphatic rings. The fourth-order valence-electron chi connectivity index (χ4n) is 3.77. The lowest BCUT2D eigenvalue weighted by Gasteiger charge is -2.20. The van der Waals surface area contributed by atoms with E-state index in [9.17, 15) is 9.59 Å². The van der Waals surface area contributed by atoms with E-state index >= 15 is 0 Å². The molecule has 9 nitrogen and oxygen atoms in total. The molecule has 9 heteroatoms. The van der Waals surface area contributed by atoms with Gasteiger partial charge in [-0.1, -0.05) is 12.1 Å². The number of carbonyl (C=O) groups excluding carboxylic acids is 2. The van der Waals surface area contributed by atoms with Crippen LogP contribution in [0.1, 0.15) is 53.6 Å². The second-order valence-electron chi connectivity index (χ2n) is 8.08. The molecule has 0 radical (unpaired) electrons. The fourth-order valence-corrected chi connectivity index (χ4v) is 3.77. The van der Waals surface area contributed by atoms with Gasteiger partial charge < -0.3 is 19.5 Å².